The topological polar surface area (TPSA) is 48.3 Å². The molecule has 1 aliphatic heterocycles. The van der Waals surface area contributed by atoms with Gasteiger partial charge in [0.2, 0.25) is 0 Å². The van der Waals surface area contributed by atoms with E-state index in [1.807, 2.05) is 46.9 Å². The van der Waals surface area contributed by atoms with Crippen molar-refractivity contribution in [2.45, 2.75) is 34.6 Å². The van der Waals surface area contributed by atoms with Crippen LogP contribution in [0, 0.1) is 12.8 Å². The molecule has 2 aromatic rings. The minimum absolute atomic E-state index is 0.0597. The van der Waals surface area contributed by atoms with Crippen LogP contribution < -0.4 is 0 Å². The number of aromatic nitrogens is 1. The second-order valence-electron chi connectivity index (χ2n) is 7.05. The Morgan fingerprint density at radius 3 is 2.20 bits per heavy atom. The maximum absolute atomic E-state index is 12.5. The molecule has 2 heterocycles. The van der Waals surface area contributed by atoms with E-state index in [4.69, 9.17) is 4.74 Å². The van der Waals surface area contributed by atoms with Gasteiger partial charge in [0.05, 0.1) is 11.1 Å². The fraction of sp³-hybridized carbons (Fsp3) is 0.333. The molecule has 0 radical (unpaired) electrons. The quantitative estimate of drug-likeness (QED) is 0.466. The van der Waals surface area contributed by atoms with Gasteiger partial charge in [-0.15, -0.1) is 0 Å². The number of nitrogens with zero attached hydrogens (tertiary/aromatic N) is 1. The first-order valence-corrected chi connectivity index (χ1v) is 8.48. The third-order valence-electron chi connectivity index (χ3n) is 4.81. The van der Waals surface area contributed by atoms with Crippen molar-refractivity contribution in [1.82, 2.24) is 4.57 Å². The van der Waals surface area contributed by atoms with E-state index in [1.54, 1.807) is 0 Å². The summed E-state index contributed by atoms with van der Waals surface area (Å²) in [6.45, 7) is 9.81. The van der Waals surface area contributed by atoms with Crippen LogP contribution in [0.25, 0.3) is 16.5 Å². The molecule has 0 atom stereocenters. The zero-order chi connectivity index (χ0) is 18.5. The first-order valence-electron chi connectivity index (χ1n) is 8.48. The zero-order valence-corrected chi connectivity index (χ0v) is 15.6. The number of para-hydroxylation sites is 1. The van der Waals surface area contributed by atoms with Crippen molar-refractivity contribution in [3.8, 4) is 0 Å². The Bertz CT molecular complexity index is 927. The Morgan fingerprint density at radius 1 is 1.04 bits per heavy atom. The van der Waals surface area contributed by atoms with Crippen LogP contribution in [0.1, 0.15) is 39.0 Å². The van der Waals surface area contributed by atoms with Gasteiger partial charge in [-0.05, 0) is 43.9 Å². The highest BCUT2D eigenvalue weighted by Gasteiger charge is 2.38. The Morgan fingerprint density at radius 2 is 1.64 bits per heavy atom. The van der Waals surface area contributed by atoms with Crippen molar-refractivity contribution in [2.24, 2.45) is 13.0 Å². The maximum atomic E-state index is 12.5. The van der Waals surface area contributed by atoms with Gasteiger partial charge in [-0.25, -0.2) is 9.59 Å². The fourth-order valence-electron chi connectivity index (χ4n) is 3.74. The Hall–Kier alpha value is -2.62. The van der Waals surface area contributed by atoms with Gasteiger partial charge in [0.15, 0.2) is 0 Å². The number of ether oxygens (including phenoxy) is 1. The molecule has 4 nitrogen and oxygen atoms in total. The standard InChI is InChI=1S/C21H23NO3/c1-11(2)16(18-17(12(3)4)20(23)25-21(18)24)19-13(5)14-9-7-8-10-15(14)22(19)6/h7-11H,1-6H3/b18-16-. The van der Waals surface area contributed by atoms with Crippen molar-refractivity contribution < 1.29 is 14.3 Å². The van der Waals surface area contributed by atoms with Crippen LogP contribution in [0.3, 0.4) is 0 Å². The molecule has 1 fully saturated rings. The third-order valence-corrected chi connectivity index (χ3v) is 4.81. The van der Waals surface area contributed by atoms with Crippen LogP contribution in [0.15, 0.2) is 41.0 Å². The van der Waals surface area contributed by atoms with E-state index in [9.17, 15) is 9.59 Å². The number of hydrogen-bond acceptors (Lipinski definition) is 3. The monoisotopic (exact) mass is 337 g/mol. The molecule has 25 heavy (non-hydrogen) atoms. The van der Waals surface area contributed by atoms with Gasteiger partial charge in [-0.3, -0.25) is 0 Å². The lowest BCUT2D eigenvalue weighted by Gasteiger charge is -2.17. The molecule has 0 N–H and O–H groups in total. The molecular weight excluding hydrogens is 314 g/mol. The number of aryl methyl sites for hydroxylation is 2. The molecule has 0 aliphatic carbocycles. The number of fused-ring (bicyclic) bond motifs is 1. The van der Waals surface area contributed by atoms with Crippen LogP contribution in [-0.2, 0) is 21.4 Å². The van der Waals surface area contributed by atoms with Gasteiger partial charge in [-0.2, -0.15) is 0 Å². The predicted octanol–water partition coefficient (Wildman–Crippen LogP) is 4.32. The van der Waals surface area contributed by atoms with Crippen molar-refractivity contribution in [3.63, 3.8) is 0 Å². The van der Waals surface area contributed by atoms with Crippen molar-refractivity contribution in [2.75, 3.05) is 0 Å². The number of carbonyl (C=O) groups excluding carboxylic acids is 2. The van der Waals surface area contributed by atoms with E-state index in [-0.39, 0.29) is 5.92 Å². The van der Waals surface area contributed by atoms with E-state index in [0.717, 1.165) is 33.3 Å². The molecular formula is C21H23NO3. The van der Waals surface area contributed by atoms with Crippen molar-refractivity contribution in [3.05, 3.63) is 52.2 Å². The predicted molar refractivity (Wildman–Crippen MR) is 98.9 cm³/mol. The summed E-state index contributed by atoms with van der Waals surface area (Å²) in [5.41, 5.74) is 5.66. The number of benzene rings is 1. The fourth-order valence-corrected chi connectivity index (χ4v) is 3.74. The maximum Gasteiger partial charge on any atom is 0.347 e. The highest BCUT2D eigenvalue weighted by Crippen LogP contribution is 2.40. The molecule has 0 saturated carbocycles. The molecule has 1 aromatic carbocycles. The SMILES string of the molecule is CC(C)=C1C(=O)OC(=O)/C1=C(\c1c(C)c2ccccc2n1C)C(C)C. The average Bonchev–Trinajstić information content (AvgIpc) is 2.97. The van der Waals surface area contributed by atoms with Gasteiger partial charge < -0.3 is 9.30 Å². The van der Waals surface area contributed by atoms with Gasteiger partial charge in [-0.1, -0.05) is 37.6 Å². The summed E-state index contributed by atoms with van der Waals surface area (Å²) < 4.78 is 7.05. The molecule has 0 bridgehead atoms. The van der Waals surface area contributed by atoms with Gasteiger partial charge in [0.1, 0.15) is 0 Å². The lowest BCUT2D eigenvalue weighted by molar-refractivity contribution is -0.149. The summed E-state index contributed by atoms with van der Waals surface area (Å²) in [6, 6.07) is 8.16. The summed E-state index contributed by atoms with van der Waals surface area (Å²) in [6.07, 6.45) is 0. The summed E-state index contributed by atoms with van der Waals surface area (Å²) in [5.74, 6) is -1.03. The largest absolute Gasteiger partial charge is 0.386 e. The van der Waals surface area contributed by atoms with Gasteiger partial charge in [0, 0.05) is 23.6 Å². The van der Waals surface area contributed by atoms with Crippen LogP contribution in [0.4, 0.5) is 0 Å². The second kappa shape index (κ2) is 6.03. The summed E-state index contributed by atoms with van der Waals surface area (Å²) in [4.78, 5) is 24.7. The third kappa shape index (κ3) is 2.53. The Balaban J connectivity index is 2.45. The van der Waals surface area contributed by atoms with Gasteiger partial charge >= 0.3 is 11.9 Å². The van der Waals surface area contributed by atoms with E-state index < -0.39 is 11.9 Å². The van der Waals surface area contributed by atoms with Crippen LogP contribution in [-0.4, -0.2) is 16.5 Å². The van der Waals surface area contributed by atoms with Crippen LogP contribution in [0.5, 0.6) is 0 Å². The van der Waals surface area contributed by atoms with Crippen molar-refractivity contribution in [1.29, 1.82) is 0 Å². The van der Waals surface area contributed by atoms with Gasteiger partial charge in [0.25, 0.3) is 0 Å². The minimum Gasteiger partial charge on any atom is -0.386 e. The number of rotatable bonds is 2. The molecule has 130 valence electrons. The molecule has 0 amide bonds. The van der Waals surface area contributed by atoms with E-state index in [1.165, 1.54) is 0 Å². The number of esters is 2. The molecule has 0 unspecified atom stereocenters. The summed E-state index contributed by atoms with van der Waals surface area (Å²) >= 11 is 0. The summed E-state index contributed by atoms with van der Waals surface area (Å²) in [7, 11) is 2.00. The first kappa shape index (κ1) is 17.2. The van der Waals surface area contributed by atoms with Crippen LogP contribution in [0.2, 0.25) is 0 Å². The molecule has 0 spiro atoms. The highest BCUT2D eigenvalue weighted by molar-refractivity contribution is 6.22. The molecule has 1 aromatic heterocycles. The number of cyclic esters (lactones) is 2. The minimum atomic E-state index is -0.547. The second-order valence-corrected chi connectivity index (χ2v) is 7.05. The normalized spacial score (nSPS) is 16.8. The highest BCUT2D eigenvalue weighted by atomic mass is 16.6. The first-order chi connectivity index (χ1) is 11.8. The smallest absolute Gasteiger partial charge is 0.347 e. The average molecular weight is 337 g/mol. The zero-order valence-electron chi connectivity index (χ0n) is 15.6. The number of carbonyl (C=O) groups is 2. The number of hydrogen-bond donors (Lipinski definition) is 0. The lowest BCUT2D eigenvalue weighted by atomic mass is 9.88. The van der Waals surface area contributed by atoms with Crippen molar-refractivity contribution >= 4 is 28.4 Å². The van der Waals surface area contributed by atoms with E-state index >= 15 is 0 Å². The van der Waals surface area contributed by atoms with Crippen LogP contribution >= 0.6 is 0 Å². The molecule has 4 heteroatoms. The summed E-state index contributed by atoms with van der Waals surface area (Å²) in [5, 5.41) is 1.15. The lowest BCUT2D eigenvalue weighted by Crippen LogP contribution is -2.10. The Kier molecular flexibility index (Phi) is 4.15. The number of allylic oxidation sites excluding steroid dienone is 2. The molecule has 3 rings (SSSR count). The van der Waals surface area contributed by atoms with E-state index in [0.29, 0.717) is 11.1 Å². The Labute approximate surface area is 147 Å². The molecule has 1 aliphatic rings. The van der Waals surface area contributed by atoms with E-state index in [2.05, 4.69) is 23.6 Å². The molecule has 1 saturated heterocycles.